The highest BCUT2D eigenvalue weighted by Gasteiger charge is 2.26. The fraction of sp³-hybridized carbons (Fsp3) is 0.786. The van der Waals surface area contributed by atoms with E-state index in [0.717, 1.165) is 57.2 Å². The Balaban J connectivity index is 1.83. The second-order valence-electron chi connectivity index (χ2n) is 5.59. The van der Waals surface area contributed by atoms with Crippen molar-refractivity contribution in [3.05, 3.63) is 0 Å². The van der Waals surface area contributed by atoms with Crippen molar-refractivity contribution in [1.82, 2.24) is 15.0 Å². The molecular weight excluding hydrogens is 268 g/mol. The number of ether oxygens (including phenoxy) is 1. The van der Waals surface area contributed by atoms with E-state index in [4.69, 9.17) is 9.72 Å². The second-order valence-corrected chi connectivity index (χ2v) is 5.59. The van der Waals surface area contributed by atoms with Gasteiger partial charge in [0.15, 0.2) is 0 Å². The van der Waals surface area contributed by atoms with Gasteiger partial charge in [0.2, 0.25) is 17.8 Å². The largest absolute Gasteiger partial charge is 0.378 e. The van der Waals surface area contributed by atoms with Crippen LogP contribution in [0.25, 0.3) is 0 Å². The van der Waals surface area contributed by atoms with E-state index in [1.807, 2.05) is 7.05 Å². The molecule has 116 valence electrons. The molecule has 1 saturated carbocycles. The number of rotatable bonds is 6. The number of anilines is 3. The minimum atomic E-state index is 0.635. The van der Waals surface area contributed by atoms with Crippen LogP contribution in [0.5, 0.6) is 0 Å². The van der Waals surface area contributed by atoms with Crippen LogP contribution in [-0.4, -0.2) is 61.4 Å². The van der Waals surface area contributed by atoms with Crippen LogP contribution in [0.4, 0.5) is 17.8 Å². The van der Waals surface area contributed by atoms with Crippen molar-refractivity contribution in [2.24, 2.45) is 5.92 Å². The molecule has 1 aromatic rings. The molecule has 2 aliphatic rings. The van der Waals surface area contributed by atoms with E-state index in [2.05, 4.69) is 32.0 Å². The Bertz CT molecular complexity index is 473. The summed E-state index contributed by atoms with van der Waals surface area (Å²) in [5.74, 6) is 2.98. The maximum absolute atomic E-state index is 5.40. The van der Waals surface area contributed by atoms with Gasteiger partial charge in [0.1, 0.15) is 0 Å². The molecule has 3 rings (SSSR count). The normalized spacial score (nSPS) is 18.7. The van der Waals surface area contributed by atoms with E-state index >= 15 is 0 Å². The molecular formula is C14H24N6O. The molecule has 0 spiro atoms. The van der Waals surface area contributed by atoms with Gasteiger partial charge in [0, 0.05) is 33.2 Å². The maximum atomic E-state index is 5.40. The Morgan fingerprint density at radius 3 is 2.62 bits per heavy atom. The Morgan fingerprint density at radius 1 is 1.24 bits per heavy atom. The smallest absolute Gasteiger partial charge is 0.232 e. The first-order chi connectivity index (χ1) is 10.3. The van der Waals surface area contributed by atoms with Gasteiger partial charge in [0.25, 0.3) is 0 Å². The molecule has 21 heavy (non-hydrogen) atoms. The zero-order chi connectivity index (χ0) is 14.7. The summed E-state index contributed by atoms with van der Waals surface area (Å²) in [5.41, 5.74) is 0. The molecule has 2 heterocycles. The van der Waals surface area contributed by atoms with Gasteiger partial charge < -0.3 is 19.9 Å². The van der Waals surface area contributed by atoms with Gasteiger partial charge in [-0.25, -0.2) is 0 Å². The monoisotopic (exact) mass is 292 g/mol. The number of hydrogen-bond acceptors (Lipinski definition) is 7. The molecule has 2 fully saturated rings. The predicted molar refractivity (Wildman–Crippen MR) is 83.0 cm³/mol. The number of morpholine rings is 1. The summed E-state index contributed by atoms with van der Waals surface area (Å²) in [7, 11) is 1.85. The molecule has 0 radical (unpaired) electrons. The van der Waals surface area contributed by atoms with Crippen LogP contribution in [0.1, 0.15) is 19.8 Å². The second kappa shape index (κ2) is 6.43. The average molecular weight is 292 g/mol. The Kier molecular flexibility index (Phi) is 4.38. The van der Waals surface area contributed by atoms with Crippen LogP contribution in [0, 0.1) is 5.92 Å². The first kappa shape index (κ1) is 14.3. The summed E-state index contributed by atoms with van der Waals surface area (Å²) in [4.78, 5) is 18.1. The molecule has 1 aliphatic heterocycles. The van der Waals surface area contributed by atoms with E-state index in [1.54, 1.807) is 0 Å². The first-order valence-corrected chi connectivity index (χ1v) is 7.81. The van der Waals surface area contributed by atoms with Crippen LogP contribution < -0.4 is 15.1 Å². The molecule has 1 aliphatic carbocycles. The van der Waals surface area contributed by atoms with Gasteiger partial charge in [-0.3, -0.25) is 0 Å². The SMILES string of the molecule is CCN(CC1CC1)c1nc(NC)nc(N2CCOCC2)n1. The summed E-state index contributed by atoms with van der Waals surface area (Å²) in [6.45, 7) is 7.26. The number of hydrogen-bond donors (Lipinski definition) is 1. The molecule has 7 heteroatoms. The standard InChI is InChI=1S/C14H24N6O/c1-3-19(10-11-4-5-11)13-16-12(15-2)17-14(18-13)20-6-8-21-9-7-20/h11H,3-10H2,1-2H3,(H,15,16,17,18). The Hall–Kier alpha value is -1.63. The molecule has 0 unspecified atom stereocenters. The first-order valence-electron chi connectivity index (χ1n) is 7.81. The van der Waals surface area contributed by atoms with E-state index in [1.165, 1.54) is 12.8 Å². The summed E-state index contributed by atoms with van der Waals surface area (Å²) < 4.78 is 5.40. The van der Waals surface area contributed by atoms with Gasteiger partial charge >= 0.3 is 0 Å². The van der Waals surface area contributed by atoms with Crippen molar-refractivity contribution in [1.29, 1.82) is 0 Å². The fourth-order valence-corrected chi connectivity index (χ4v) is 2.48. The van der Waals surface area contributed by atoms with Crippen molar-refractivity contribution in [2.75, 3.05) is 61.6 Å². The molecule has 0 bridgehead atoms. The highest BCUT2D eigenvalue weighted by molar-refractivity contribution is 5.45. The maximum Gasteiger partial charge on any atom is 0.232 e. The topological polar surface area (TPSA) is 66.4 Å². The van der Waals surface area contributed by atoms with Crippen molar-refractivity contribution in [3.63, 3.8) is 0 Å². The third-order valence-corrected chi connectivity index (χ3v) is 3.97. The number of nitrogens with one attached hydrogen (secondary N) is 1. The van der Waals surface area contributed by atoms with Crippen molar-refractivity contribution >= 4 is 17.8 Å². The van der Waals surface area contributed by atoms with Crippen molar-refractivity contribution < 1.29 is 4.74 Å². The highest BCUT2D eigenvalue weighted by atomic mass is 16.5. The minimum Gasteiger partial charge on any atom is -0.378 e. The lowest BCUT2D eigenvalue weighted by Crippen LogP contribution is -2.38. The van der Waals surface area contributed by atoms with Gasteiger partial charge in [0.05, 0.1) is 13.2 Å². The van der Waals surface area contributed by atoms with E-state index in [0.29, 0.717) is 5.95 Å². The highest BCUT2D eigenvalue weighted by Crippen LogP contribution is 2.31. The average Bonchev–Trinajstić information content (AvgIpc) is 3.37. The van der Waals surface area contributed by atoms with Gasteiger partial charge in [-0.1, -0.05) is 0 Å². The summed E-state index contributed by atoms with van der Waals surface area (Å²) >= 11 is 0. The van der Waals surface area contributed by atoms with E-state index < -0.39 is 0 Å². The third kappa shape index (κ3) is 3.53. The summed E-state index contributed by atoms with van der Waals surface area (Å²) in [6.07, 6.45) is 2.66. The molecule has 1 aromatic heterocycles. The van der Waals surface area contributed by atoms with Crippen LogP contribution in [-0.2, 0) is 4.74 Å². The van der Waals surface area contributed by atoms with Crippen LogP contribution in [0.2, 0.25) is 0 Å². The number of nitrogens with zero attached hydrogens (tertiary/aromatic N) is 5. The molecule has 1 N–H and O–H groups in total. The number of aromatic nitrogens is 3. The molecule has 7 nitrogen and oxygen atoms in total. The lowest BCUT2D eigenvalue weighted by Gasteiger charge is -2.28. The summed E-state index contributed by atoms with van der Waals surface area (Å²) in [5, 5.41) is 3.05. The van der Waals surface area contributed by atoms with E-state index in [-0.39, 0.29) is 0 Å². The zero-order valence-corrected chi connectivity index (χ0v) is 12.9. The Morgan fingerprint density at radius 2 is 2.00 bits per heavy atom. The predicted octanol–water partition coefficient (Wildman–Crippen LogP) is 0.986. The lowest BCUT2D eigenvalue weighted by atomic mass is 10.4. The van der Waals surface area contributed by atoms with Gasteiger partial charge in [-0.15, -0.1) is 0 Å². The zero-order valence-electron chi connectivity index (χ0n) is 12.9. The molecule has 0 atom stereocenters. The Labute approximate surface area is 125 Å². The molecule has 1 saturated heterocycles. The quantitative estimate of drug-likeness (QED) is 0.838. The van der Waals surface area contributed by atoms with Gasteiger partial charge in [-0.05, 0) is 25.7 Å². The fourth-order valence-electron chi connectivity index (χ4n) is 2.48. The van der Waals surface area contributed by atoms with Gasteiger partial charge in [-0.2, -0.15) is 15.0 Å². The lowest BCUT2D eigenvalue weighted by molar-refractivity contribution is 0.122. The van der Waals surface area contributed by atoms with Crippen LogP contribution in [0.15, 0.2) is 0 Å². The van der Waals surface area contributed by atoms with Crippen LogP contribution >= 0.6 is 0 Å². The van der Waals surface area contributed by atoms with E-state index in [9.17, 15) is 0 Å². The summed E-state index contributed by atoms with van der Waals surface area (Å²) in [6, 6.07) is 0. The molecule has 0 aromatic carbocycles. The van der Waals surface area contributed by atoms with Crippen molar-refractivity contribution in [2.45, 2.75) is 19.8 Å². The third-order valence-electron chi connectivity index (χ3n) is 3.97. The molecule has 0 amide bonds. The van der Waals surface area contributed by atoms with Crippen molar-refractivity contribution in [3.8, 4) is 0 Å². The van der Waals surface area contributed by atoms with Crippen LogP contribution in [0.3, 0.4) is 0 Å². The minimum absolute atomic E-state index is 0.635.